The number of carboxylic acids is 1. The van der Waals surface area contributed by atoms with Crippen LogP contribution in [0.5, 0.6) is 0 Å². The number of hydrogen-bond acceptors (Lipinski definition) is 8. The Morgan fingerprint density at radius 1 is 1.14 bits per heavy atom. The number of carboxylic acid groups (broad SMARTS) is 1. The highest BCUT2D eigenvalue weighted by Crippen LogP contribution is 2.38. The molecule has 1 atom stereocenters. The van der Waals surface area contributed by atoms with Crippen LogP contribution in [0.1, 0.15) is 12.5 Å². The molecule has 0 amide bonds. The fourth-order valence-corrected chi connectivity index (χ4v) is 4.99. The molecule has 0 saturated heterocycles. The molecule has 0 bridgehead atoms. The van der Waals surface area contributed by atoms with Gasteiger partial charge in [0.1, 0.15) is 0 Å². The van der Waals surface area contributed by atoms with E-state index >= 15 is 0 Å². The zero-order chi connectivity index (χ0) is 25.3. The predicted molar refractivity (Wildman–Crippen MR) is 146 cm³/mol. The molecule has 180 valence electrons. The number of aliphatic hydroxyl groups is 1. The number of nitrogens with one attached hydrogen (secondary N) is 1. The third-order valence-corrected chi connectivity index (χ3v) is 7.46. The summed E-state index contributed by atoms with van der Waals surface area (Å²) in [4.78, 5) is 24.2. The van der Waals surface area contributed by atoms with Crippen molar-refractivity contribution in [3.05, 3.63) is 77.0 Å². The Labute approximate surface area is 218 Å². The molecule has 5 aromatic rings. The summed E-state index contributed by atoms with van der Waals surface area (Å²) in [6.07, 6.45) is 4.82. The predicted octanol–water partition coefficient (Wildman–Crippen LogP) is 5.67. The number of nitrogens with zero attached hydrogens (tertiary/aromatic N) is 4. The second kappa shape index (κ2) is 9.73. The molecule has 2 aromatic heterocycles. The monoisotopic (exact) mass is 561 g/mol. The Hall–Kier alpha value is -3.73. The van der Waals surface area contributed by atoms with E-state index in [2.05, 4.69) is 40.6 Å². The molecule has 0 saturated carbocycles. The van der Waals surface area contributed by atoms with Crippen molar-refractivity contribution in [3.8, 4) is 11.1 Å². The summed E-state index contributed by atoms with van der Waals surface area (Å²) in [6.45, 7) is 0.784. The topological polar surface area (TPSA) is 121 Å². The minimum absolute atomic E-state index is 0.587. The van der Waals surface area contributed by atoms with Gasteiger partial charge in [0, 0.05) is 28.5 Å². The van der Waals surface area contributed by atoms with Crippen molar-refractivity contribution in [1.82, 2.24) is 14.3 Å². The molecule has 36 heavy (non-hydrogen) atoms. The molecule has 0 radical (unpaired) electrons. The van der Waals surface area contributed by atoms with Crippen molar-refractivity contribution in [2.24, 2.45) is 4.99 Å². The molecule has 3 N–H and O–H groups in total. The van der Waals surface area contributed by atoms with Gasteiger partial charge in [-0.25, -0.2) is 4.79 Å². The number of hydrogen-bond donors (Lipinski definition) is 3. The van der Waals surface area contributed by atoms with Crippen LogP contribution >= 0.6 is 27.5 Å². The Morgan fingerprint density at radius 3 is 2.72 bits per heavy atom. The van der Waals surface area contributed by atoms with Gasteiger partial charge in [-0.05, 0) is 81.4 Å². The second-order valence-corrected chi connectivity index (χ2v) is 9.93. The number of fused-ring (bicyclic) bond motifs is 2. The van der Waals surface area contributed by atoms with E-state index in [0.717, 1.165) is 48.0 Å². The zero-order valence-electron chi connectivity index (χ0n) is 19.0. The number of anilines is 2. The largest absolute Gasteiger partial charge is 0.479 e. The van der Waals surface area contributed by atoms with Crippen LogP contribution in [0.25, 0.3) is 32.2 Å². The number of rotatable bonds is 7. The highest BCUT2D eigenvalue weighted by atomic mass is 79.9. The first-order valence-corrected chi connectivity index (χ1v) is 12.5. The van der Waals surface area contributed by atoms with Gasteiger partial charge < -0.3 is 15.5 Å². The number of aromatic nitrogens is 3. The maximum absolute atomic E-state index is 11.4. The fraction of sp³-hybridized carbons (Fsp3) is 0.115. The molecule has 0 spiro atoms. The lowest BCUT2D eigenvalue weighted by Gasteiger charge is -2.16. The summed E-state index contributed by atoms with van der Waals surface area (Å²) in [5.41, 5.74) is 3.70. The summed E-state index contributed by atoms with van der Waals surface area (Å²) in [6, 6.07) is 17.6. The number of benzene rings is 3. The lowest BCUT2D eigenvalue weighted by atomic mass is 10.0. The van der Waals surface area contributed by atoms with Gasteiger partial charge in [-0.3, -0.25) is 15.0 Å². The Morgan fingerprint density at radius 2 is 1.94 bits per heavy atom. The third-order valence-electron chi connectivity index (χ3n) is 5.80. The number of halogens is 1. The second-order valence-electron chi connectivity index (χ2n) is 8.33. The highest BCUT2D eigenvalue weighted by molar-refractivity contribution is 9.10. The smallest absolute Gasteiger partial charge is 0.333 e. The summed E-state index contributed by atoms with van der Waals surface area (Å²) < 4.78 is 6.40. The van der Waals surface area contributed by atoms with Gasteiger partial charge in [-0.15, -0.1) is 0 Å². The maximum atomic E-state index is 11.4. The van der Waals surface area contributed by atoms with Crippen molar-refractivity contribution in [3.63, 3.8) is 0 Å². The molecule has 5 rings (SSSR count). The molecule has 3 aromatic carbocycles. The third kappa shape index (κ3) is 4.58. The van der Waals surface area contributed by atoms with Crippen LogP contribution < -0.4 is 5.32 Å². The van der Waals surface area contributed by atoms with Crippen LogP contribution in [0.15, 0.2) is 76.5 Å². The Balaban J connectivity index is 1.43. The quantitative estimate of drug-likeness (QED) is 0.219. The van der Waals surface area contributed by atoms with E-state index < -0.39 is 18.1 Å². The molecular weight excluding hydrogens is 542 g/mol. The lowest BCUT2D eigenvalue weighted by Crippen LogP contribution is -2.37. The summed E-state index contributed by atoms with van der Waals surface area (Å²) >= 11 is 5.08. The fourth-order valence-electron chi connectivity index (χ4n) is 3.62. The first-order chi connectivity index (χ1) is 17.4. The standard InChI is InChI=1S/C26H20BrN5O3S/c1-26(14-33,25(34)35)30-13-15-5-7-18-22(11-15)36-32-24(18)31-20-4-2-3-17(23(20)27)16-6-8-19-21(12-16)29-10-9-28-19/h2-13,33H,14H2,1H3,(H,31,32)(H,34,35). The van der Waals surface area contributed by atoms with E-state index in [1.54, 1.807) is 12.4 Å². The van der Waals surface area contributed by atoms with E-state index in [1.165, 1.54) is 24.7 Å². The van der Waals surface area contributed by atoms with Crippen LogP contribution in [-0.2, 0) is 4.79 Å². The first kappa shape index (κ1) is 24.0. The molecule has 0 aliphatic heterocycles. The molecule has 10 heteroatoms. The highest BCUT2D eigenvalue weighted by Gasteiger charge is 2.30. The lowest BCUT2D eigenvalue weighted by molar-refractivity contribution is -0.143. The summed E-state index contributed by atoms with van der Waals surface area (Å²) in [7, 11) is 0. The van der Waals surface area contributed by atoms with Crippen molar-refractivity contribution in [2.75, 3.05) is 11.9 Å². The van der Waals surface area contributed by atoms with Gasteiger partial charge in [-0.2, -0.15) is 4.37 Å². The molecule has 1 unspecified atom stereocenters. The van der Waals surface area contributed by atoms with Crippen LogP contribution in [0.2, 0.25) is 0 Å². The molecular formula is C26H20BrN5O3S. The minimum Gasteiger partial charge on any atom is -0.479 e. The first-order valence-electron chi connectivity index (χ1n) is 10.9. The van der Waals surface area contributed by atoms with Crippen LogP contribution in [0.4, 0.5) is 11.5 Å². The number of aliphatic imine (C=N–C) groups is 1. The van der Waals surface area contributed by atoms with Crippen LogP contribution in [-0.4, -0.2) is 48.9 Å². The van der Waals surface area contributed by atoms with Gasteiger partial charge in [0.05, 0.1) is 28.0 Å². The van der Waals surface area contributed by atoms with Gasteiger partial charge in [0.2, 0.25) is 0 Å². The molecule has 8 nitrogen and oxygen atoms in total. The van der Waals surface area contributed by atoms with Crippen molar-refractivity contribution >= 4 is 72.3 Å². The molecule has 2 heterocycles. The summed E-state index contributed by atoms with van der Waals surface area (Å²) in [5, 5.41) is 23.0. The van der Waals surface area contributed by atoms with E-state index in [9.17, 15) is 15.0 Å². The van der Waals surface area contributed by atoms with Gasteiger partial charge >= 0.3 is 5.97 Å². The van der Waals surface area contributed by atoms with Gasteiger partial charge in [0.15, 0.2) is 11.4 Å². The summed E-state index contributed by atoms with van der Waals surface area (Å²) in [5.74, 6) is -0.470. The van der Waals surface area contributed by atoms with Gasteiger partial charge in [0.25, 0.3) is 0 Å². The average molecular weight is 562 g/mol. The van der Waals surface area contributed by atoms with Crippen molar-refractivity contribution in [2.45, 2.75) is 12.5 Å². The van der Waals surface area contributed by atoms with Crippen LogP contribution in [0.3, 0.4) is 0 Å². The average Bonchev–Trinajstić information content (AvgIpc) is 3.30. The molecule has 0 aliphatic carbocycles. The van der Waals surface area contributed by atoms with Crippen molar-refractivity contribution in [1.29, 1.82) is 0 Å². The van der Waals surface area contributed by atoms with Crippen LogP contribution in [0, 0.1) is 0 Å². The van der Waals surface area contributed by atoms with E-state index in [1.807, 2.05) is 54.6 Å². The van der Waals surface area contributed by atoms with Gasteiger partial charge in [-0.1, -0.05) is 24.3 Å². The molecule has 0 fully saturated rings. The Bertz CT molecular complexity index is 1640. The number of carbonyl (C=O) groups is 1. The molecule has 0 aliphatic rings. The SMILES string of the molecule is CC(CO)(N=Cc1ccc2c(Nc3cccc(-c4ccc5nccnc5c4)c3Br)nsc2c1)C(=O)O. The van der Waals surface area contributed by atoms with E-state index in [4.69, 9.17) is 0 Å². The van der Waals surface area contributed by atoms with E-state index in [0.29, 0.717) is 5.82 Å². The number of aliphatic carboxylic acids is 1. The van der Waals surface area contributed by atoms with E-state index in [-0.39, 0.29) is 0 Å². The number of aliphatic hydroxyl groups excluding tert-OH is 1. The maximum Gasteiger partial charge on any atom is 0.333 e. The normalized spacial score (nSPS) is 13.3. The Kier molecular flexibility index (Phi) is 6.48. The zero-order valence-corrected chi connectivity index (χ0v) is 21.4. The minimum atomic E-state index is -1.58. The van der Waals surface area contributed by atoms with Crippen molar-refractivity contribution < 1.29 is 15.0 Å².